The van der Waals surface area contributed by atoms with Crippen LogP contribution in [-0.4, -0.2) is 193 Å². The highest BCUT2D eigenvalue weighted by molar-refractivity contribution is 5.76. The second-order valence-corrected chi connectivity index (χ2v) is 33.8. The molecule has 1 amide bonds. The van der Waals surface area contributed by atoms with E-state index in [0.29, 0.717) is 12.8 Å². The van der Waals surface area contributed by atoms with Crippen molar-refractivity contribution in [3.8, 4) is 0 Å². The number of hydrogen-bond donors (Lipinski definition) is 12. The summed E-state index contributed by atoms with van der Waals surface area (Å²) in [5.74, 6) is -0.275. The maximum atomic E-state index is 13.5. The van der Waals surface area contributed by atoms with Crippen LogP contribution in [0, 0.1) is 0 Å². The molecule has 19 nitrogen and oxygen atoms in total. The van der Waals surface area contributed by atoms with Gasteiger partial charge >= 0.3 is 0 Å². The number of ether oxygens (including phenoxy) is 6. The number of amides is 1. The molecule has 3 saturated heterocycles. The van der Waals surface area contributed by atoms with Crippen LogP contribution in [0.5, 0.6) is 0 Å². The molecule has 0 radical (unpaired) electrons. The molecular weight excluding hydrogens is 1410 g/mol. The maximum absolute atomic E-state index is 13.5. The first-order chi connectivity index (χ1) is 54.3. The highest BCUT2D eigenvalue weighted by Gasteiger charge is 2.54. The van der Waals surface area contributed by atoms with Gasteiger partial charge in [-0.3, -0.25) is 4.79 Å². The van der Waals surface area contributed by atoms with E-state index >= 15 is 0 Å². The van der Waals surface area contributed by atoms with E-state index in [9.17, 15) is 61.0 Å². The van der Waals surface area contributed by atoms with Gasteiger partial charge in [-0.05, 0) is 32.1 Å². The minimum Gasteiger partial charge on any atom is -0.394 e. The maximum Gasteiger partial charge on any atom is 0.220 e. The molecule has 17 unspecified atom stereocenters. The molecule has 0 aromatic rings. The summed E-state index contributed by atoms with van der Waals surface area (Å²) in [5, 5.41) is 121. The highest BCUT2D eigenvalue weighted by atomic mass is 16.8. The third-order valence-corrected chi connectivity index (χ3v) is 23.8. The van der Waals surface area contributed by atoms with Gasteiger partial charge in [-0.25, -0.2) is 0 Å². The van der Waals surface area contributed by atoms with Crippen LogP contribution in [0.15, 0.2) is 24.3 Å². The van der Waals surface area contributed by atoms with Gasteiger partial charge in [-0.1, -0.05) is 411 Å². The second kappa shape index (κ2) is 72.3. The Labute approximate surface area is 677 Å². The van der Waals surface area contributed by atoms with Crippen molar-refractivity contribution >= 4 is 5.91 Å². The fourth-order valence-electron chi connectivity index (χ4n) is 16.3. The molecule has 111 heavy (non-hydrogen) atoms. The third kappa shape index (κ3) is 50.7. The topological polar surface area (TPSA) is 307 Å². The van der Waals surface area contributed by atoms with Crippen molar-refractivity contribution in [1.82, 2.24) is 5.32 Å². The van der Waals surface area contributed by atoms with Crippen molar-refractivity contribution in [2.45, 2.75) is 529 Å². The molecule has 656 valence electrons. The molecule has 3 fully saturated rings. The van der Waals surface area contributed by atoms with Crippen LogP contribution in [0.2, 0.25) is 0 Å². The van der Waals surface area contributed by atoms with Gasteiger partial charge in [0.2, 0.25) is 5.91 Å². The Kier molecular flexibility index (Phi) is 67.4. The summed E-state index contributed by atoms with van der Waals surface area (Å²) in [7, 11) is 0. The number of allylic oxidation sites excluding steroid dienone is 3. The molecule has 3 heterocycles. The van der Waals surface area contributed by atoms with E-state index in [-0.39, 0.29) is 18.9 Å². The summed E-state index contributed by atoms with van der Waals surface area (Å²) in [6.45, 7) is 1.80. The molecule has 3 aliphatic heterocycles. The summed E-state index contributed by atoms with van der Waals surface area (Å²) in [4.78, 5) is 13.5. The number of carbonyl (C=O) groups excluding carboxylic acids is 1. The van der Waals surface area contributed by atoms with Crippen molar-refractivity contribution in [1.29, 1.82) is 0 Å². The first-order valence-electron chi connectivity index (χ1n) is 47.1. The molecule has 19 heteroatoms. The van der Waals surface area contributed by atoms with Crippen LogP contribution in [-0.2, 0) is 33.2 Å². The van der Waals surface area contributed by atoms with E-state index in [1.807, 2.05) is 6.08 Å². The van der Waals surface area contributed by atoms with Gasteiger partial charge in [0.1, 0.15) is 73.2 Å². The second-order valence-electron chi connectivity index (χ2n) is 33.8. The monoisotopic (exact) mass is 1580 g/mol. The zero-order chi connectivity index (χ0) is 80.3. The molecule has 0 spiro atoms. The number of carbonyl (C=O) groups is 1. The third-order valence-electron chi connectivity index (χ3n) is 23.8. The number of aliphatic hydroxyl groups excluding tert-OH is 11. The summed E-state index contributed by atoms with van der Waals surface area (Å²) in [6.07, 6.45) is 65.0. The van der Waals surface area contributed by atoms with E-state index in [4.69, 9.17) is 28.4 Å². The number of hydrogen-bond acceptors (Lipinski definition) is 18. The predicted octanol–water partition coefficient (Wildman–Crippen LogP) is 18.4. The molecule has 17 atom stereocenters. The Morgan fingerprint density at radius 1 is 0.315 bits per heavy atom. The van der Waals surface area contributed by atoms with Crippen molar-refractivity contribution in [2.75, 3.05) is 26.4 Å². The van der Waals surface area contributed by atoms with Crippen molar-refractivity contribution in [3.63, 3.8) is 0 Å². The highest BCUT2D eigenvalue weighted by Crippen LogP contribution is 2.34. The predicted molar refractivity (Wildman–Crippen MR) is 448 cm³/mol. The van der Waals surface area contributed by atoms with Gasteiger partial charge < -0.3 is 89.9 Å². The van der Waals surface area contributed by atoms with Gasteiger partial charge in [0.25, 0.3) is 0 Å². The molecule has 12 N–H and O–H groups in total. The van der Waals surface area contributed by atoms with E-state index in [1.165, 1.54) is 353 Å². The van der Waals surface area contributed by atoms with Crippen LogP contribution in [0.4, 0.5) is 0 Å². The SMILES string of the molecule is CCCCCCCCCCCCCCCCCCCCCCCCCC/C=C/CC/C=C/C(O)C(COC1OC(CO)C(OC2OC(CO)C(OC3OC(CO)C(O)C(O)C3O)C(O)C2O)C(O)C1O)NC(=O)CCCCCCCCCCCCCCCCCCCCCCCCCCCCCCCCCCCCCC. The zero-order valence-electron chi connectivity index (χ0n) is 71.0. The Balaban J connectivity index is 1.31. The molecule has 0 bridgehead atoms. The molecule has 0 aromatic carbocycles. The average Bonchev–Trinajstić information content (AvgIpc) is 0.780. The fraction of sp³-hybridized carbons (Fsp3) is 0.946. The number of nitrogens with one attached hydrogen (secondary N) is 1. The first kappa shape index (κ1) is 103. The van der Waals surface area contributed by atoms with E-state index in [1.54, 1.807) is 6.08 Å². The number of aliphatic hydroxyl groups is 11. The normalized spacial score (nSPS) is 25.1. The molecule has 0 aliphatic carbocycles. The zero-order valence-corrected chi connectivity index (χ0v) is 71.0. The minimum absolute atomic E-state index is 0.242. The standard InChI is InChI=1S/C92H175NO18/c1-3-5-7-9-11-13-15-17-19-21-23-25-27-29-31-33-35-36-37-38-39-40-42-44-46-48-50-52-54-56-58-60-62-64-66-68-70-80(98)93-75(76(97)69-67-65-63-61-59-57-55-53-51-49-47-45-43-41-34-32-30-28-26-24-22-20-18-16-14-12-10-8-6-4-2)74-106-90-86(104)83(101)88(78(72-95)108-90)111-92-87(105)84(102)89(79(73-96)109-92)110-91-85(103)82(100)81(99)77(71-94)107-91/h59,61,67,69,75-79,81-92,94-97,99-105H,3-58,60,62-66,68,70-74H2,1-2H3,(H,93,98)/b61-59+,69-67+. The summed E-state index contributed by atoms with van der Waals surface area (Å²) >= 11 is 0. The van der Waals surface area contributed by atoms with Crippen LogP contribution in [0.1, 0.15) is 425 Å². The van der Waals surface area contributed by atoms with E-state index in [0.717, 1.165) is 38.5 Å². The molecule has 0 aromatic heterocycles. The average molecular weight is 1580 g/mol. The summed E-state index contributed by atoms with van der Waals surface area (Å²) in [5.41, 5.74) is 0. The smallest absolute Gasteiger partial charge is 0.220 e. The van der Waals surface area contributed by atoms with Crippen LogP contribution in [0.3, 0.4) is 0 Å². The number of rotatable bonds is 78. The van der Waals surface area contributed by atoms with E-state index in [2.05, 4.69) is 31.3 Å². The lowest BCUT2D eigenvalue weighted by atomic mass is 9.96. The van der Waals surface area contributed by atoms with Gasteiger partial charge in [-0.2, -0.15) is 0 Å². The molecule has 3 aliphatic rings. The lowest BCUT2D eigenvalue weighted by Gasteiger charge is -2.48. The Morgan fingerprint density at radius 3 is 0.901 bits per heavy atom. The first-order valence-corrected chi connectivity index (χ1v) is 47.1. The quantitative estimate of drug-likeness (QED) is 0.0199. The summed E-state index contributed by atoms with van der Waals surface area (Å²) < 4.78 is 34.5. The Bertz CT molecular complexity index is 2090. The van der Waals surface area contributed by atoms with Crippen LogP contribution >= 0.6 is 0 Å². The van der Waals surface area contributed by atoms with Gasteiger partial charge in [-0.15, -0.1) is 0 Å². The van der Waals surface area contributed by atoms with Crippen molar-refractivity contribution in [3.05, 3.63) is 24.3 Å². The van der Waals surface area contributed by atoms with Crippen molar-refractivity contribution < 1.29 is 89.4 Å². The number of unbranched alkanes of at least 4 members (excludes halogenated alkanes) is 60. The largest absolute Gasteiger partial charge is 0.394 e. The fourth-order valence-corrected chi connectivity index (χ4v) is 16.3. The molecule has 3 rings (SSSR count). The van der Waals surface area contributed by atoms with Crippen LogP contribution < -0.4 is 5.32 Å². The Hall–Kier alpha value is -1.73. The Morgan fingerprint density at radius 2 is 0.577 bits per heavy atom. The van der Waals surface area contributed by atoms with Gasteiger partial charge in [0.05, 0.1) is 38.6 Å². The lowest BCUT2D eigenvalue weighted by Crippen LogP contribution is -2.66. The minimum atomic E-state index is -1.98. The molecule has 0 saturated carbocycles. The lowest BCUT2D eigenvalue weighted by molar-refractivity contribution is -0.379. The van der Waals surface area contributed by atoms with Gasteiger partial charge in [0, 0.05) is 6.42 Å². The van der Waals surface area contributed by atoms with E-state index < -0.39 is 124 Å². The summed E-state index contributed by atoms with van der Waals surface area (Å²) in [6, 6.07) is -0.990. The van der Waals surface area contributed by atoms with Gasteiger partial charge in [0.15, 0.2) is 18.9 Å². The van der Waals surface area contributed by atoms with Crippen molar-refractivity contribution in [2.24, 2.45) is 0 Å². The van der Waals surface area contributed by atoms with Crippen LogP contribution in [0.25, 0.3) is 0 Å². The molecular formula is C92H175NO18.